The Morgan fingerprint density at radius 1 is 0.969 bits per heavy atom. The average Bonchev–Trinajstić information content (AvgIpc) is 3.22. The van der Waals surface area contributed by atoms with Gasteiger partial charge < -0.3 is 9.88 Å². The fourth-order valence-corrected chi connectivity index (χ4v) is 4.16. The summed E-state index contributed by atoms with van der Waals surface area (Å²) in [7, 11) is 0. The number of hydrogen-bond acceptors (Lipinski definition) is 2. The predicted octanol–water partition coefficient (Wildman–Crippen LogP) is 6.19. The number of halogens is 1. The lowest BCUT2D eigenvalue weighted by molar-refractivity contribution is -0.113. The number of nitrogens with one attached hydrogen (secondary N) is 1. The molecule has 4 rings (SSSR count). The fraction of sp³-hybridized carbons (Fsp3) is 0.231. The molecule has 1 N–H and O–H groups in total. The number of imide groups is 1. The first-order valence-electron chi connectivity index (χ1n) is 10.8. The van der Waals surface area contributed by atoms with Crippen molar-refractivity contribution in [3.05, 3.63) is 87.8 Å². The number of unbranched alkanes of at least 4 members (excludes halogenated alkanes) is 1. The zero-order valence-corrected chi connectivity index (χ0v) is 19.2. The molecule has 1 saturated heterocycles. The molecule has 1 fully saturated rings. The zero-order chi connectivity index (χ0) is 22.8. The maximum Gasteiger partial charge on any atom is 0.333 e. The molecule has 2 aromatic carbocycles. The van der Waals surface area contributed by atoms with Crippen LogP contribution >= 0.6 is 11.6 Å². The van der Waals surface area contributed by atoms with E-state index in [4.69, 9.17) is 11.6 Å². The Morgan fingerprint density at radius 3 is 2.28 bits per heavy atom. The van der Waals surface area contributed by atoms with Crippen molar-refractivity contribution in [2.45, 2.75) is 40.0 Å². The van der Waals surface area contributed by atoms with E-state index < -0.39 is 6.03 Å². The van der Waals surface area contributed by atoms with Crippen molar-refractivity contribution in [1.82, 2.24) is 9.88 Å². The molecule has 6 heteroatoms. The van der Waals surface area contributed by atoms with E-state index in [2.05, 4.69) is 41.1 Å². The van der Waals surface area contributed by atoms with Gasteiger partial charge in [0.05, 0.1) is 5.69 Å². The number of carbonyl (C=O) groups excluding carboxylic acids is 2. The summed E-state index contributed by atoms with van der Waals surface area (Å²) in [5.74, 6) is -0.387. The lowest BCUT2D eigenvalue weighted by Crippen LogP contribution is -2.30. The molecule has 164 valence electrons. The number of carbonyl (C=O) groups is 2. The summed E-state index contributed by atoms with van der Waals surface area (Å²) in [5.41, 5.74) is 6.09. The Bertz CT molecular complexity index is 1190. The largest absolute Gasteiger partial charge is 0.333 e. The molecule has 0 spiro atoms. The summed E-state index contributed by atoms with van der Waals surface area (Å²) in [6.45, 7) is 6.25. The molecule has 2 heterocycles. The van der Waals surface area contributed by atoms with Crippen LogP contribution in [0.25, 0.3) is 11.8 Å². The number of aryl methyl sites for hydroxylation is 2. The number of benzene rings is 2. The number of nitrogens with zero attached hydrogens (tertiary/aromatic N) is 2. The van der Waals surface area contributed by atoms with Gasteiger partial charge in [0.15, 0.2) is 0 Å². The maximum atomic E-state index is 12.9. The zero-order valence-electron chi connectivity index (χ0n) is 18.5. The van der Waals surface area contributed by atoms with Crippen LogP contribution < -0.4 is 10.2 Å². The molecule has 0 saturated carbocycles. The molecule has 0 bridgehead atoms. The van der Waals surface area contributed by atoms with Crippen molar-refractivity contribution in [3.8, 4) is 5.69 Å². The van der Waals surface area contributed by atoms with Crippen LogP contribution in [-0.4, -0.2) is 16.5 Å². The van der Waals surface area contributed by atoms with Gasteiger partial charge in [-0.15, -0.1) is 0 Å². The predicted molar refractivity (Wildman–Crippen MR) is 129 cm³/mol. The number of aromatic nitrogens is 1. The van der Waals surface area contributed by atoms with Gasteiger partial charge >= 0.3 is 6.03 Å². The first-order chi connectivity index (χ1) is 15.4. The maximum absolute atomic E-state index is 12.9. The number of rotatable bonds is 6. The van der Waals surface area contributed by atoms with E-state index in [1.165, 1.54) is 18.4 Å². The van der Waals surface area contributed by atoms with Crippen LogP contribution in [-0.2, 0) is 11.2 Å². The highest BCUT2D eigenvalue weighted by Crippen LogP contribution is 2.27. The van der Waals surface area contributed by atoms with E-state index in [1.54, 1.807) is 30.3 Å². The van der Waals surface area contributed by atoms with Crippen molar-refractivity contribution >= 4 is 35.3 Å². The molecule has 1 aromatic heterocycles. The first kappa shape index (κ1) is 21.9. The van der Waals surface area contributed by atoms with Crippen LogP contribution in [0.4, 0.5) is 10.5 Å². The van der Waals surface area contributed by atoms with Gasteiger partial charge in [0.1, 0.15) is 5.70 Å². The fourth-order valence-electron chi connectivity index (χ4n) is 4.04. The van der Waals surface area contributed by atoms with Crippen LogP contribution in [0.3, 0.4) is 0 Å². The highest BCUT2D eigenvalue weighted by molar-refractivity contribution is 6.31. The molecule has 5 nitrogen and oxygen atoms in total. The smallest absolute Gasteiger partial charge is 0.318 e. The lowest BCUT2D eigenvalue weighted by Gasteiger charge is -2.11. The second kappa shape index (κ2) is 9.05. The van der Waals surface area contributed by atoms with Crippen LogP contribution in [0.1, 0.15) is 42.3 Å². The van der Waals surface area contributed by atoms with Crippen molar-refractivity contribution < 1.29 is 9.59 Å². The van der Waals surface area contributed by atoms with Gasteiger partial charge in [0.2, 0.25) is 0 Å². The van der Waals surface area contributed by atoms with Crippen molar-refractivity contribution in [3.63, 3.8) is 0 Å². The van der Waals surface area contributed by atoms with E-state index in [9.17, 15) is 9.59 Å². The lowest BCUT2D eigenvalue weighted by atomic mass is 10.1. The molecule has 3 amide bonds. The van der Waals surface area contributed by atoms with Crippen LogP contribution in [0.5, 0.6) is 0 Å². The number of urea groups is 1. The minimum absolute atomic E-state index is 0.250. The minimum atomic E-state index is -0.472. The van der Waals surface area contributed by atoms with E-state index in [1.807, 2.05) is 19.9 Å². The van der Waals surface area contributed by atoms with E-state index >= 15 is 0 Å². The van der Waals surface area contributed by atoms with E-state index in [-0.39, 0.29) is 11.6 Å². The molecule has 3 aromatic rings. The molecular formula is C26H26ClN3O2. The van der Waals surface area contributed by atoms with Gasteiger partial charge in [-0.2, -0.15) is 0 Å². The summed E-state index contributed by atoms with van der Waals surface area (Å²) in [6, 6.07) is 16.8. The average molecular weight is 448 g/mol. The third-order valence-corrected chi connectivity index (χ3v) is 6.00. The van der Waals surface area contributed by atoms with Crippen molar-refractivity contribution in [2.24, 2.45) is 0 Å². The molecule has 0 atom stereocenters. The SMILES string of the molecule is CCCCc1ccc(-n2c(C)cc(/C=C3/NC(=O)N(c4ccc(Cl)cc4)C3=O)c2C)cc1. The normalized spacial score (nSPS) is 15.0. The van der Waals surface area contributed by atoms with Crippen molar-refractivity contribution in [2.75, 3.05) is 4.90 Å². The van der Waals surface area contributed by atoms with Crippen LogP contribution in [0.15, 0.2) is 60.3 Å². The summed E-state index contributed by atoms with van der Waals surface area (Å²) in [4.78, 5) is 26.5. The Morgan fingerprint density at radius 2 is 1.62 bits per heavy atom. The Balaban J connectivity index is 1.62. The number of anilines is 1. The highest BCUT2D eigenvalue weighted by atomic mass is 35.5. The van der Waals surface area contributed by atoms with Gasteiger partial charge in [-0.25, -0.2) is 9.69 Å². The van der Waals surface area contributed by atoms with E-state index in [0.29, 0.717) is 10.7 Å². The molecule has 1 aliphatic rings. The van der Waals surface area contributed by atoms with Gasteiger partial charge in [-0.05, 0) is 86.4 Å². The molecule has 1 aliphatic heterocycles. The third kappa shape index (κ3) is 4.21. The van der Waals surface area contributed by atoms with Gasteiger partial charge in [0, 0.05) is 22.1 Å². The molecule has 0 unspecified atom stereocenters. The summed E-state index contributed by atoms with van der Waals surface area (Å²) < 4.78 is 2.16. The number of amides is 3. The summed E-state index contributed by atoms with van der Waals surface area (Å²) >= 11 is 5.93. The highest BCUT2D eigenvalue weighted by Gasteiger charge is 2.35. The summed E-state index contributed by atoms with van der Waals surface area (Å²) in [6.07, 6.45) is 5.19. The standard InChI is InChI=1S/C26H26ClN3O2/c1-4-5-6-19-7-11-22(12-8-19)29-17(2)15-20(18(29)3)16-24-25(31)30(26(32)28-24)23-13-9-21(27)10-14-23/h7-16H,4-6H2,1-3H3,(H,28,32)/b24-16+. The molecule has 32 heavy (non-hydrogen) atoms. The second-order valence-electron chi connectivity index (χ2n) is 8.04. The third-order valence-electron chi connectivity index (χ3n) is 5.75. The molecule has 0 radical (unpaired) electrons. The first-order valence-corrected chi connectivity index (χ1v) is 11.2. The van der Waals surface area contributed by atoms with Gasteiger partial charge in [-0.3, -0.25) is 4.79 Å². The Labute approximate surface area is 193 Å². The minimum Gasteiger partial charge on any atom is -0.318 e. The van der Waals surface area contributed by atoms with Crippen molar-refractivity contribution in [1.29, 1.82) is 0 Å². The van der Waals surface area contributed by atoms with Gasteiger partial charge in [-0.1, -0.05) is 37.1 Å². The molecular weight excluding hydrogens is 422 g/mol. The quantitative estimate of drug-likeness (QED) is 0.362. The number of hydrogen-bond donors (Lipinski definition) is 1. The Hall–Kier alpha value is -3.31. The summed E-state index contributed by atoms with van der Waals surface area (Å²) in [5, 5.41) is 3.24. The van der Waals surface area contributed by atoms with Crippen LogP contribution in [0.2, 0.25) is 5.02 Å². The topological polar surface area (TPSA) is 54.3 Å². The second-order valence-corrected chi connectivity index (χ2v) is 8.47. The Kier molecular flexibility index (Phi) is 6.19. The van der Waals surface area contributed by atoms with Crippen LogP contribution in [0, 0.1) is 13.8 Å². The van der Waals surface area contributed by atoms with E-state index in [0.717, 1.165) is 34.0 Å². The van der Waals surface area contributed by atoms with Gasteiger partial charge in [0.25, 0.3) is 5.91 Å². The monoisotopic (exact) mass is 447 g/mol. The molecule has 0 aliphatic carbocycles.